The van der Waals surface area contributed by atoms with Gasteiger partial charge in [-0.05, 0) is 82.6 Å². The van der Waals surface area contributed by atoms with Gasteiger partial charge in [0.2, 0.25) is 0 Å². The van der Waals surface area contributed by atoms with E-state index < -0.39 is 64.1 Å². The van der Waals surface area contributed by atoms with Crippen LogP contribution in [-0.4, -0.2) is 11.1 Å². The Morgan fingerprint density at radius 2 is 1.03 bits per heavy atom. The summed E-state index contributed by atoms with van der Waals surface area (Å²) in [6.07, 6.45) is -15.3. The summed E-state index contributed by atoms with van der Waals surface area (Å²) in [5, 5.41) is 9.79. The van der Waals surface area contributed by atoms with E-state index in [1.165, 1.54) is 0 Å². The number of hydrogen-bond acceptors (Lipinski definition) is 1. The smallest absolute Gasteiger partial charge is 0.416 e. The van der Waals surface area contributed by atoms with Crippen molar-refractivity contribution in [3.8, 4) is 22.3 Å². The molecule has 0 aromatic heterocycles. The SMILES string of the molecule is CC(C)CC(C(=O)O)c1cc(-c2cc(F)cc(C(F)(F)F)c2)cc(-c2cc(C(F)(F)F)cc(C(F)(F)F)c2)c1. The Labute approximate surface area is 215 Å². The number of hydrogen-bond donors (Lipinski definition) is 1. The highest BCUT2D eigenvalue weighted by atomic mass is 19.4. The Morgan fingerprint density at radius 1 is 0.641 bits per heavy atom. The Hall–Kier alpha value is -3.57. The molecule has 1 unspecified atom stereocenters. The van der Waals surface area contributed by atoms with E-state index in [-0.39, 0.29) is 41.2 Å². The van der Waals surface area contributed by atoms with Crippen LogP contribution in [0.25, 0.3) is 22.3 Å². The van der Waals surface area contributed by atoms with Crippen LogP contribution in [0.15, 0.2) is 54.6 Å². The average molecular weight is 566 g/mol. The van der Waals surface area contributed by atoms with Gasteiger partial charge in [0.15, 0.2) is 0 Å². The van der Waals surface area contributed by atoms with Gasteiger partial charge in [0.25, 0.3) is 0 Å². The Morgan fingerprint density at radius 3 is 1.41 bits per heavy atom. The quantitative estimate of drug-likeness (QED) is 0.302. The Kier molecular flexibility index (Phi) is 8.10. The molecular formula is C27H20F10O2. The third kappa shape index (κ3) is 7.30. The van der Waals surface area contributed by atoms with Gasteiger partial charge in [-0.1, -0.05) is 26.0 Å². The highest BCUT2D eigenvalue weighted by molar-refractivity contribution is 5.81. The van der Waals surface area contributed by atoms with E-state index in [0.717, 1.165) is 18.2 Å². The van der Waals surface area contributed by atoms with Crippen molar-refractivity contribution in [1.82, 2.24) is 0 Å². The number of halogens is 10. The fourth-order valence-corrected chi connectivity index (χ4v) is 4.08. The molecule has 0 saturated carbocycles. The van der Waals surface area contributed by atoms with Crippen molar-refractivity contribution in [2.45, 2.75) is 44.7 Å². The molecule has 0 amide bonds. The van der Waals surface area contributed by atoms with Gasteiger partial charge in [-0.25, -0.2) is 4.39 Å². The summed E-state index contributed by atoms with van der Waals surface area (Å²) in [5.41, 5.74) is -6.32. The highest BCUT2D eigenvalue weighted by Crippen LogP contribution is 2.41. The van der Waals surface area contributed by atoms with Crippen LogP contribution in [0.3, 0.4) is 0 Å². The van der Waals surface area contributed by atoms with Crippen LogP contribution in [0, 0.1) is 11.7 Å². The maximum Gasteiger partial charge on any atom is 0.416 e. The number of benzene rings is 3. The molecule has 0 spiro atoms. The lowest BCUT2D eigenvalue weighted by atomic mass is 9.85. The van der Waals surface area contributed by atoms with Gasteiger partial charge in [0.1, 0.15) is 5.82 Å². The van der Waals surface area contributed by atoms with Crippen LogP contribution in [0.4, 0.5) is 43.9 Å². The molecule has 1 N–H and O–H groups in total. The van der Waals surface area contributed by atoms with E-state index in [0.29, 0.717) is 24.3 Å². The summed E-state index contributed by atoms with van der Waals surface area (Å²) in [6.45, 7) is 3.34. The standard InChI is InChI=1S/C27H20F10O2/c1-13(2)3-23(24(38)39)18-5-14(16-7-19(25(29,30)31)11-20(8-16)26(32,33)34)4-15(6-18)17-9-21(27(35,36)37)12-22(28)10-17/h4-13,23H,3H2,1-2H3,(H,38,39). The van der Waals surface area contributed by atoms with E-state index in [9.17, 15) is 53.8 Å². The summed E-state index contributed by atoms with van der Waals surface area (Å²) in [4.78, 5) is 12.0. The largest absolute Gasteiger partial charge is 0.481 e. The van der Waals surface area contributed by atoms with Crippen LogP contribution in [-0.2, 0) is 23.3 Å². The van der Waals surface area contributed by atoms with Crippen molar-refractivity contribution < 1.29 is 53.8 Å². The maximum atomic E-state index is 14.2. The first-order valence-corrected chi connectivity index (χ1v) is 11.3. The first-order chi connectivity index (χ1) is 17.8. The molecule has 0 aliphatic heterocycles. The fourth-order valence-electron chi connectivity index (χ4n) is 4.08. The van der Waals surface area contributed by atoms with Gasteiger partial charge in [0, 0.05) is 0 Å². The molecule has 39 heavy (non-hydrogen) atoms. The lowest BCUT2D eigenvalue weighted by Crippen LogP contribution is -2.14. The van der Waals surface area contributed by atoms with Gasteiger partial charge in [-0.15, -0.1) is 0 Å². The maximum absolute atomic E-state index is 14.2. The molecule has 3 aromatic rings. The number of carboxylic acids is 1. The predicted octanol–water partition coefficient (Wildman–Crippen LogP) is 9.43. The minimum Gasteiger partial charge on any atom is -0.481 e. The molecule has 0 radical (unpaired) electrons. The molecule has 0 heterocycles. The number of carboxylic acid groups (broad SMARTS) is 1. The summed E-state index contributed by atoms with van der Waals surface area (Å²) < 4.78 is 135. The molecule has 1 atom stereocenters. The van der Waals surface area contributed by atoms with E-state index in [1.807, 2.05) is 0 Å². The van der Waals surface area contributed by atoms with Crippen molar-refractivity contribution in [3.63, 3.8) is 0 Å². The Balaban J connectivity index is 2.38. The first kappa shape index (κ1) is 30.0. The molecule has 3 rings (SSSR count). The first-order valence-electron chi connectivity index (χ1n) is 11.3. The minimum atomic E-state index is -5.18. The van der Waals surface area contributed by atoms with Crippen LogP contribution < -0.4 is 0 Å². The van der Waals surface area contributed by atoms with Crippen molar-refractivity contribution in [1.29, 1.82) is 0 Å². The van der Waals surface area contributed by atoms with Crippen LogP contribution in [0.5, 0.6) is 0 Å². The molecular weight excluding hydrogens is 546 g/mol. The monoisotopic (exact) mass is 566 g/mol. The molecule has 12 heteroatoms. The third-order valence-electron chi connectivity index (χ3n) is 5.84. The minimum absolute atomic E-state index is 0.00836. The number of alkyl halides is 9. The number of aliphatic carboxylic acids is 1. The van der Waals surface area contributed by atoms with Crippen LogP contribution >= 0.6 is 0 Å². The zero-order valence-corrected chi connectivity index (χ0v) is 20.2. The summed E-state index contributed by atoms with van der Waals surface area (Å²) in [7, 11) is 0. The lowest BCUT2D eigenvalue weighted by Gasteiger charge is -2.20. The van der Waals surface area contributed by atoms with Crippen molar-refractivity contribution in [2.24, 2.45) is 5.92 Å². The van der Waals surface area contributed by atoms with E-state index >= 15 is 0 Å². The van der Waals surface area contributed by atoms with Crippen molar-refractivity contribution in [3.05, 3.63) is 82.7 Å². The predicted molar refractivity (Wildman–Crippen MR) is 122 cm³/mol. The molecule has 0 bridgehead atoms. The van der Waals surface area contributed by atoms with Crippen molar-refractivity contribution >= 4 is 5.97 Å². The van der Waals surface area contributed by atoms with Gasteiger partial charge in [-0.2, -0.15) is 39.5 Å². The summed E-state index contributed by atoms with van der Waals surface area (Å²) in [6, 6.07) is 5.42. The van der Waals surface area contributed by atoms with Gasteiger partial charge < -0.3 is 5.11 Å². The summed E-state index contributed by atoms with van der Waals surface area (Å²) >= 11 is 0. The molecule has 3 aromatic carbocycles. The molecule has 210 valence electrons. The van der Waals surface area contributed by atoms with Gasteiger partial charge in [0.05, 0.1) is 22.6 Å². The Bertz CT molecular complexity index is 1340. The van der Waals surface area contributed by atoms with Gasteiger partial charge >= 0.3 is 24.5 Å². The molecule has 2 nitrogen and oxygen atoms in total. The van der Waals surface area contributed by atoms with Gasteiger partial charge in [-0.3, -0.25) is 4.79 Å². The zero-order valence-electron chi connectivity index (χ0n) is 20.2. The normalized spacial score (nSPS) is 13.6. The third-order valence-corrected chi connectivity index (χ3v) is 5.84. The van der Waals surface area contributed by atoms with E-state index in [1.54, 1.807) is 13.8 Å². The van der Waals surface area contributed by atoms with Crippen LogP contribution in [0.1, 0.15) is 48.4 Å². The molecule has 0 saturated heterocycles. The molecule has 0 fully saturated rings. The second kappa shape index (κ2) is 10.5. The van der Waals surface area contributed by atoms with Crippen molar-refractivity contribution in [2.75, 3.05) is 0 Å². The molecule has 0 aliphatic carbocycles. The second-order valence-corrected chi connectivity index (χ2v) is 9.38. The number of carbonyl (C=O) groups is 1. The second-order valence-electron chi connectivity index (χ2n) is 9.38. The topological polar surface area (TPSA) is 37.3 Å². The van der Waals surface area contributed by atoms with Crippen LogP contribution in [0.2, 0.25) is 0 Å². The molecule has 0 aliphatic rings. The number of rotatable bonds is 6. The van der Waals surface area contributed by atoms with E-state index in [4.69, 9.17) is 0 Å². The highest BCUT2D eigenvalue weighted by Gasteiger charge is 2.37. The lowest BCUT2D eigenvalue weighted by molar-refractivity contribution is -0.143. The van der Waals surface area contributed by atoms with E-state index in [2.05, 4.69) is 0 Å². The zero-order chi connectivity index (χ0) is 29.5. The summed E-state index contributed by atoms with van der Waals surface area (Å²) in [5.74, 6) is -4.22. The fraction of sp³-hybridized carbons (Fsp3) is 0.296. The average Bonchev–Trinajstić information content (AvgIpc) is 2.79.